The van der Waals surface area contributed by atoms with E-state index in [0.717, 1.165) is 30.3 Å². The van der Waals surface area contributed by atoms with Crippen molar-refractivity contribution in [3.8, 4) is 5.75 Å². The Kier molecular flexibility index (Phi) is 3.50. The molecule has 0 aliphatic carbocycles. The summed E-state index contributed by atoms with van der Waals surface area (Å²) >= 11 is 0. The molecule has 2 rings (SSSR count). The van der Waals surface area contributed by atoms with Crippen LogP contribution in [0.2, 0.25) is 0 Å². The molecular weight excluding hydrogens is 264 g/mol. The Morgan fingerprint density at radius 1 is 0.895 bits per heavy atom. The van der Waals surface area contributed by atoms with E-state index in [1.165, 1.54) is 0 Å². The predicted molar refractivity (Wildman–Crippen MR) is 57.7 cm³/mol. The zero-order valence-corrected chi connectivity index (χ0v) is 9.29. The maximum atomic E-state index is 13.3. The topological polar surface area (TPSA) is 26.3 Å². The molecule has 0 fully saturated rings. The van der Waals surface area contributed by atoms with Gasteiger partial charge in [-0.2, -0.15) is 0 Å². The van der Waals surface area contributed by atoms with Gasteiger partial charge in [0.25, 0.3) is 0 Å². The number of carbonyl (C=O) groups excluding carboxylic acids is 1. The molecule has 0 saturated heterocycles. The van der Waals surface area contributed by atoms with Crippen molar-refractivity contribution >= 4 is 5.97 Å². The van der Waals surface area contributed by atoms with Gasteiger partial charge in [0, 0.05) is 18.2 Å². The first kappa shape index (κ1) is 13.1. The molecule has 0 N–H and O–H groups in total. The van der Waals surface area contributed by atoms with Gasteiger partial charge in [0.1, 0.15) is 34.6 Å². The third-order valence-electron chi connectivity index (χ3n) is 2.21. The lowest BCUT2D eigenvalue weighted by molar-refractivity contribution is 0.0724. The van der Waals surface area contributed by atoms with Crippen molar-refractivity contribution in [1.82, 2.24) is 0 Å². The first-order chi connectivity index (χ1) is 8.97. The average Bonchev–Trinajstić information content (AvgIpc) is 2.26. The van der Waals surface area contributed by atoms with Crippen molar-refractivity contribution in [1.29, 1.82) is 0 Å². The molecule has 0 amide bonds. The Labute approximate surface area is 105 Å². The third kappa shape index (κ3) is 2.90. The third-order valence-corrected chi connectivity index (χ3v) is 2.21. The highest BCUT2D eigenvalue weighted by atomic mass is 19.1. The van der Waals surface area contributed by atoms with Gasteiger partial charge >= 0.3 is 5.97 Å². The van der Waals surface area contributed by atoms with E-state index in [0.29, 0.717) is 6.07 Å². The first-order valence-corrected chi connectivity index (χ1v) is 5.09. The zero-order valence-electron chi connectivity index (χ0n) is 9.29. The number of hydrogen-bond acceptors (Lipinski definition) is 2. The highest BCUT2D eigenvalue weighted by Gasteiger charge is 2.19. The van der Waals surface area contributed by atoms with Crippen LogP contribution in [0.3, 0.4) is 0 Å². The molecule has 0 aliphatic heterocycles. The van der Waals surface area contributed by atoms with Gasteiger partial charge in [-0.3, -0.25) is 0 Å². The van der Waals surface area contributed by atoms with Gasteiger partial charge in [-0.1, -0.05) is 6.07 Å². The minimum atomic E-state index is -1.37. The molecule has 2 aromatic rings. The van der Waals surface area contributed by atoms with Crippen LogP contribution in [-0.4, -0.2) is 5.97 Å². The summed E-state index contributed by atoms with van der Waals surface area (Å²) in [5.74, 6) is -6.05. The summed E-state index contributed by atoms with van der Waals surface area (Å²) in [6, 6.07) is 4.82. The summed E-state index contributed by atoms with van der Waals surface area (Å²) in [6.45, 7) is 0. The molecule has 0 atom stereocenters. The van der Waals surface area contributed by atoms with Crippen LogP contribution in [0.25, 0.3) is 0 Å². The molecule has 0 aromatic heterocycles. The summed E-state index contributed by atoms with van der Waals surface area (Å²) < 4.78 is 56.8. The van der Waals surface area contributed by atoms with Gasteiger partial charge in [-0.15, -0.1) is 0 Å². The molecule has 0 saturated carbocycles. The van der Waals surface area contributed by atoms with Crippen LogP contribution in [-0.2, 0) is 0 Å². The van der Waals surface area contributed by atoms with E-state index in [2.05, 4.69) is 4.74 Å². The molecule has 6 heteroatoms. The molecular formula is C13H6F4O2. The number of halogens is 4. The normalized spacial score (nSPS) is 10.3. The maximum absolute atomic E-state index is 13.3. The fourth-order valence-electron chi connectivity index (χ4n) is 1.44. The van der Waals surface area contributed by atoms with E-state index in [1.54, 1.807) is 0 Å². The van der Waals surface area contributed by atoms with Gasteiger partial charge in [0.05, 0.1) is 0 Å². The van der Waals surface area contributed by atoms with Crippen LogP contribution in [0.15, 0.2) is 36.4 Å². The molecule has 0 radical (unpaired) electrons. The summed E-state index contributed by atoms with van der Waals surface area (Å²) in [4.78, 5) is 11.5. The Morgan fingerprint density at radius 3 is 1.95 bits per heavy atom. The van der Waals surface area contributed by atoms with Crippen molar-refractivity contribution in [3.05, 3.63) is 65.2 Å². The molecule has 0 unspecified atom stereocenters. The summed E-state index contributed by atoms with van der Waals surface area (Å²) in [5.41, 5.74) is -0.924. The Hall–Kier alpha value is -2.37. The fourth-order valence-corrected chi connectivity index (χ4v) is 1.44. The van der Waals surface area contributed by atoms with E-state index < -0.39 is 40.6 Å². The van der Waals surface area contributed by atoms with E-state index in [4.69, 9.17) is 0 Å². The second kappa shape index (κ2) is 5.09. The number of hydrogen-bond donors (Lipinski definition) is 0. The lowest BCUT2D eigenvalue weighted by atomic mass is 10.2. The van der Waals surface area contributed by atoms with E-state index in [9.17, 15) is 22.4 Å². The summed E-state index contributed by atoms with van der Waals surface area (Å²) in [6.07, 6.45) is 0. The smallest absolute Gasteiger partial charge is 0.349 e. The largest absolute Gasteiger partial charge is 0.423 e. The molecule has 0 bridgehead atoms. The molecule has 0 heterocycles. The quantitative estimate of drug-likeness (QED) is 0.474. The van der Waals surface area contributed by atoms with Gasteiger partial charge in [-0.05, 0) is 12.1 Å². The number of carbonyl (C=O) groups is 1. The van der Waals surface area contributed by atoms with Crippen LogP contribution in [0, 0.1) is 23.3 Å². The Balaban J connectivity index is 2.31. The SMILES string of the molecule is O=C(Oc1cc(F)cc(F)c1)c1c(F)cccc1F. The van der Waals surface area contributed by atoms with Crippen molar-refractivity contribution in [2.75, 3.05) is 0 Å². The molecule has 2 aromatic carbocycles. The second-order valence-electron chi connectivity index (χ2n) is 3.59. The second-order valence-corrected chi connectivity index (χ2v) is 3.59. The van der Waals surface area contributed by atoms with Gasteiger partial charge in [0.2, 0.25) is 0 Å². The number of ether oxygens (including phenoxy) is 1. The minimum Gasteiger partial charge on any atom is -0.423 e. The molecule has 19 heavy (non-hydrogen) atoms. The number of rotatable bonds is 2. The highest BCUT2D eigenvalue weighted by molar-refractivity contribution is 5.91. The van der Waals surface area contributed by atoms with E-state index in [1.807, 2.05) is 0 Å². The first-order valence-electron chi connectivity index (χ1n) is 5.09. The summed E-state index contributed by atoms with van der Waals surface area (Å²) in [7, 11) is 0. The van der Waals surface area contributed by atoms with Crippen molar-refractivity contribution in [2.24, 2.45) is 0 Å². The molecule has 98 valence electrons. The predicted octanol–water partition coefficient (Wildman–Crippen LogP) is 3.46. The molecule has 0 spiro atoms. The standard InChI is InChI=1S/C13H6F4O2/c14-7-4-8(15)6-9(5-7)19-13(18)12-10(16)2-1-3-11(12)17/h1-6H. The molecule has 0 aliphatic rings. The van der Waals surface area contributed by atoms with Crippen molar-refractivity contribution in [3.63, 3.8) is 0 Å². The monoisotopic (exact) mass is 270 g/mol. The van der Waals surface area contributed by atoms with Crippen molar-refractivity contribution in [2.45, 2.75) is 0 Å². The maximum Gasteiger partial charge on any atom is 0.349 e. The van der Waals surface area contributed by atoms with Crippen LogP contribution in [0.4, 0.5) is 17.6 Å². The minimum absolute atomic E-state index is 0.481. The van der Waals surface area contributed by atoms with E-state index >= 15 is 0 Å². The fraction of sp³-hybridized carbons (Fsp3) is 0. The molecule has 2 nitrogen and oxygen atoms in total. The van der Waals surface area contributed by atoms with E-state index in [-0.39, 0.29) is 0 Å². The van der Waals surface area contributed by atoms with Crippen LogP contribution < -0.4 is 4.74 Å². The number of benzene rings is 2. The van der Waals surface area contributed by atoms with Crippen molar-refractivity contribution < 1.29 is 27.1 Å². The highest BCUT2D eigenvalue weighted by Crippen LogP contribution is 2.19. The number of esters is 1. The summed E-state index contributed by atoms with van der Waals surface area (Å²) in [5, 5.41) is 0. The van der Waals surface area contributed by atoms with Gasteiger partial charge in [0.15, 0.2) is 0 Å². The lowest BCUT2D eigenvalue weighted by Crippen LogP contribution is -2.13. The van der Waals surface area contributed by atoms with Crippen LogP contribution in [0.1, 0.15) is 10.4 Å². The van der Waals surface area contributed by atoms with Gasteiger partial charge in [-0.25, -0.2) is 22.4 Å². The Morgan fingerprint density at radius 2 is 1.42 bits per heavy atom. The lowest BCUT2D eigenvalue weighted by Gasteiger charge is -2.06. The average molecular weight is 270 g/mol. The Bertz CT molecular complexity index is 600. The van der Waals surface area contributed by atoms with Gasteiger partial charge < -0.3 is 4.74 Å². The van der Waals surface area contributed by atoms with Crippen LogP contribution >= 0.6 is 0 Å². The zero-order chi connectivity index (χ0) is 14.0. The van der Waals surface area contributed by atoms with Crippen LogP contribution in [0.5, 0.6) is 5.75 Å².